The van der Waals surface area contributed by atoms with Gasteiger partial charge in [0.15, 0.2) is 5.65 Å². The van der Waals surface area contributed by atoms with E-state index in [4.69, 9.17) is 19.2 Å². The summed E-state index contributed by atoms with van der Waals surface area (Å²) in [5.74, 6) is 0.492. The number of fused-ring (bicyclic) bond motifs is 1. The number of pyridine rings is 1. The largest absolute Gasteiger partial charge is 0.489 e. The Morgan fingerprint density at radius 2 is 1.71 bits per heavy atom. The minimum Gasteiger partial charge on any atom is -0.489 e. The average Bonchev–Trinajstić information content (AvgIpc) is 3.52. The topological polar surface area (TPSA) is 127 Å². The van der Waals surface area contributed by atoms with Crippen LogP contribution in [0.15, 0.2) is 71.9 Å². The normalized spacial score (nSPS) is 17.6. The second-order valence-corrected chi connectivity index (χ2v) is 14.1. The van der Waals surface area contributed by atoms with E-state index in [1.165, 1.54) is 3.97 Å². The van der Waals surface area contributed by atoms with E-state index in [-0.39, 0.29) is 22.7 Å². The van der Waals surface area contributed by atoms with Crippen LogP contribution in [0.2, 0.25) is 0 Å². The average molecular weight is 668 g/mol. The summed E-state index contributed by atoms with van der Waals surface area (Å²) in [6, 6.07) is 16.3. The first-order valence-corrected chi connectivity index (χ1v) is 17.7. The molecule has 2 saturated heterocycles. The van der Waals surface area contributed by atoms with Gasteiger partial charge in [0.2, 0.25) is 0 Å². The van der Waals surface area contributed by atoms with E-state index in [0.29, 0.717) is 86.9 Å². The third-order valence-corrected chi connectivity index (χ3v) is 10.9. The zero-order chi connectivity index (χ0) is 33.3. The first-order chi connectivity index (χ1) is 23.3. The SMILES string of the molecule is Cc1ccc(S(=O)(=O)n2cc(-c3ccc(OC4CCOCC4)c(C#N)c3)c3cc(C4=CCN(C(=O)N5CCOCC5)CC4)cnc32)cc1. The summed E-state index contributed by atoms with van der Waals surface area (Å²) in [5, 5.41) is 10.7. The molecule has 4 aromatic rings. The monoisotopic (exact) mass is 667 g/mol. The lowest BCUT2D eigenvalue weighted by Gasteiger charge is -2.34. The highest BCUT2D eigenvalue weighted by molar-refractivity contribution is 7.90. The van der Waals surface area contributed by atoms with Crippen LogP contribution < -0.4 is 4.74 Å². The first kappa shape index (κ1) is 31.9. The number of urea groups is 1. The molecule has 3 aliphatic heterocycles. The van der Waals surface area contributed by atoms with Gasteiger partial charge in [-0.2, -0.15) is 5.26 Å². The summed E-state index contributed by atoms with van der Waals surface area (Å²) in [7, 11) is -4.00. The number of nitriles is 1. The van der Waals surface area contributed by atoms with Gasteiger partial charge >= 0.3 is 6.03 Å². The number of carbonyl (C=O) groups excluding carboxylic acids is 1. The molecule has 0 aliphatic carbocycles. The molecule has 12 heteroatoms. The van der Waals surface area contributed by atoms with Crippen LogP contribution in [0.3, 0.4) is 0 Å². The Morgan fingerprint density at radius 3 is 2.42 bits per heavy atom. The van der Waals surface area contributed by atoms with Crippen LogP contribution in [0.1, 0.15) is 36.0 Å². The molecule has 248 valence electrons. The Bertz CT molecular complexity index is 2020. The van der Waals surface area contributed by atoms with Crippen LogP contribution in [-0.4, -0.2) is 91.9 Å². The van der Waals surface area contributed by atoms with Crippen molar-refractivity contribution in [1.82, 2.24) is 18.8 Å². The molecule has 7 rings (SSSR count). The zero-order valence-corrected chi connectivity index (χ0v) is 27.6. The molecule has 0 spiro atoms. The molecule has 0 unspecified atom stereocenters. The van der Waals surface area contributed by atoms with Crippen molar-refractivity contribution in [3.8, 4) is 22.9 Å². The molecule has 11 nitrogen and oxygen atoms in total. The highest BCUT2D eigenvalue weighted by Crippen LogP contribution is 2.37. The molecule has 48 heavy (non-hydrogen) atoms. The van der Waals surface area contributed by atoms with Gasteiger partial charge in [-0.1, -0.05) is 29.8 Å². The molecule has 2 amide bonds. The number of morpholine rings is 1. The third kappa shape index (κ3) is 6.29. The molecule has 0 atom stereocenters. The molecule has 0 bridgehead atoms. The summed E-state index contributed by atoms with van der Waals surface area (Å²) in [5.41, 5.74) is 4.80. The number of ether oxygens (including phenoxy) is 3. The molecule has 2 aromatic carbocycles. The number of aryl methyl sites for hydroxylation is 1. The maximum Gasteiger partial charge on any atom is 0.320 e. The number of aromatic nitrogens is 2. The van der Waals surface area contributed by atoms with Crippen molar-refractivity contribution in [3.05, 3.63) is 83.7 Å². The minimum absolute atomic E-state index is 0.0143. The van der Waals surface area contributed by atoms with Crippen LogP contribution in [0.4, 0.5) is 4.79 Å². The maximum atomic E-state index is 14.0. The van der Waals surface area contributed by atoms with Crippen LogP contribution in [-0.2, 0) is 19.5 Å². The van der Waals surface area contributed by atoms with Gasteiger partial charge in [-0.25, -0.2) is 22.2 Å². The second kappa shape index (κ2) is 13.4. The number of nitrogens with zero attached hydrogens (tertiary/aromatic N) is 5. The summed E-state index contributed by atoms with van der Waals surface area (Å²) >= 11 is 0. The number of hydrogen-bond acceptors (Lipinski definition) is 8. The van der Waals surface area contributed by atoms with Crippen molar-refractivity contribution >= 4 is 32.7 Å². The van der Waals surface area contributed by atoms with E-state index in [2.05, 4.69) is 6.07 Å². The van der Waals surface area contributed by atoms with E-state index >= 15 is 0 Å². The van der Waals surface area contributed by atoms with Gasteiger partial charge in [0.05, 0.1) is 36.9 Å². The smallest absolute Gasteiger partial charge is 0.320 e. The predicted molar refractivity (Wildman–Crippen MR) is 180 cm³/mol. The highest BCUT2D eigenvalue weighted by Gasteiger charge is 2.27. The Labute approximate surface area is 280 Å². The number of benzene rings is 2. The van der Waals surface area contributed by atoms with Crippen LogP contribution >= 0.6 is 0 Å². The molecule has 2 fully saturated rings. The summed E-state index contributed by atoms with van der Waals surface area (Å²) in [4.78, 5) is 21.6. The quantitative estimate of drug-likeness (QED) is 0.274. The number of carbonyl (C=O) groups is 1. The molecule has 2 aromatic heterocycles. The lowest BCUT2D eigenvalue weighted by molar-refractivity contribution is 0.0254. The van der Waals surface area contributed by atoms with Crippen molar-refractivity contribution in [2.75, 3.05) is 52.6 Å². The first-order valence-electron chi connectivity index (χ1n) is 16.2. The van der Waals surface area contributed by atoms with Crippen molar-refractivity contribution in [2.24, 2.45) is 0 Å². The fraction of sp³-hybridized carbons (Fsp3) is 0.361. The summed E-state index contributed by atoms with van der Waals surface area (Å²) in [6.07, 6.45) is 7.43. The van der Waals surface area contributed by atoms with E-state index in [9.17, 15) is 18.5 Å². The van der Waals surface area contributed by atoms with Gasteiger partial charge in [-0.3, -0.25) is 0 Å². The lowest BCUT2D eigenvalue weighted by atomic mass is 9.98. The van der Waals surface area contributed by atoms with Gasteiger partial charge in [0.1, 0.15) is 17.9 Å². The number of hydrogen-bond donors (Lipinski definition) is 0. The standard InChI is InChI=1S/C36H37N5O6S/c1-25-2-5-31(6-3-25)48(43,44)41-24-33(27-4-7-34(28(20-27)22-37)47-30-10-16-45-17-11-30)32-21-29(23-38-35(32)41)26-8-12-39(13-9-26)36(42)40-14-18-46-19-15-40/h2-8,20-21,23-24,30H,9-19H2,1H3. The predicted octanol–water partition coefficient (Wildman–Crippen LogP) is 5.22. The third-order valence-electron chi connectivity index (χ3n) is 9.19. The number of amides is 2. The van der Waals surface area contributed by atoms with Crippen LogP contribution in [0.5, 0.6) is 5.75 Å². The Balaban J connectivity index is 1.27. The highest BCUT2D eigenvalue weighted by atomic mass is 32.2. The van der Waals surface area contributed by atoms with Gasteiger partial charge in [0, 0.05) is 62.4 Å². The Hall–Kier alpha value is -4.70. The molecule has 0 saturated carbocycles. The lowest BCUT2D eigenvalue weighted by Crippen LogP contribution is -2.49. The number of rotatable bonds is 6. The van der Waals surface area contributed by atoms with E-state index in [1.54, 1.807) is 48.8 Å². The Morgan fingerprint density at radius 1 is 0.958 bits per heavy atom. The summed E-state index contributed by atoms with van der Waals surface area (Å²) < 4.78 is 46.2. The van der Waals surface area contributed by atoms with Crippen molar-refractivity contribution in [1.29, 1.82) is 5.26 Å². The van der Waals surface area contributed by atoms with E-state index in [0.717, 1.165) is 29.5 Å². The molecule has 5 heterocycles. The molecule has 0 radical (unpaired) electrons. The zero-order valence-electron chi connectivity index (χ0n) is 26.8. The van der Waals surface area contributed by atoms with Crippen molar-refractivity contribution in [3.63, 3.8) is 0 Å². The molecular formula is C36H37N5O6S. The van der Waals surface area contributed by atoms with Gasteiger partial charge in [-0.05, 0) is 60.4 Å². The fourth-order valence-corrected chi connectivity index (χ4v) is 7.74. The van der Waals surface area contributed by atoms with Gasteiger partial charge < -0.3 is 24.0 Å². The minimum atomic E-state index is -4.00. The van der Waals surface area contributed by atoms with Gasteiger partial charge in [0.25, 0.3) is 10.0 Å². The molecule has 0 N–H and O–H groups in total. The van der Waals surface area contributed by atoms with E-state index < -0.39 is 10.0 Å². The van der Waals surface area contributed by atoms with Crippen molar-refractivity contribution < 1.29 is 27.4 Å². The van der Waals surface area contributed by atoms with Gasteiger partial charge in [-0.15, -0.1) is 0 Å². The van der Waals surface area contributed by atoms with Crippen LogP contribution in [0.25, 0.3) is 27.7 Å². The van der Waals surface area contributed by atoms with E-state index in [1.807, 2.05) is 34.9 Å². The van der Waals surface area contributed by atoms with Crippen molar-refractivity contribution in [2.45, 2.75) is 37.2 Å². The van der Waals surface area contributed by atoms with Crippen LogP contribution in [0, 0.1) is 18.3 Å². The fourth-order valence-electron chi connectivity index (χ4n) is 6.41. The molecule has 3 aliphatic rings. The maximum absolute atomic E-state index is 14.0. The second-order valence-electron chi connectivity index (χ2n) is 12.3. The molecular weight excluding hydrogens is 630 g/mol. The summed E-state index contributed by atoms with van der Waals surface area (Å²) in [6.45, 7) is 6.46. The Kier molecular flexibility index (Phi) is 8.92.